The van der Waals surface area contributed by atoms with Crippen LogP contribution in [0.5, 0.6) is 0 Å². The molecule has 9 rings (SSSR count). The number of rotatable bonds is 28. The lowest BCUT2D eigenvalue weighted by molar-refractivity contribution is 0.108. The van der Waals surface area contributed by atoms with Gasteiger partial charge in [-0.05, 0) is 98.6 Å². The third-order valence-electron chi connectivity index (χ3n) is 14.8. The average Bonchev–Trinajstić information content (AvgIpc) is 4.32. The Labute approximate surface area is 452 Å². The van der Waals surface area contributed by atoms with E-state index in [9.17, 15) is 0 Å². The number of unbranched alkanes of at least 4 members (excludes halogenated alkanes) is 4. The van der Waals surface area contributed by atoms with E-state index in [1.165, 1.54) is 0 Å². The molecule has 0 amide bonds. The Kier molecular flexibility index (Phi) is 20.1. The van der Waals surface area contributed by atoms with Crippen LogP contribution < -0.4 is 0 Å². The normalized spacial score (nSPS) is 19.4. The van der Waals surface area contributed by atoms with E-state index in [1.54, 1.807) is 0 Å². The molecular formula is C64H82N8O4. The van der Waals surface area contributed by atoms with Gasteiger partial charge >= 0.3 is 0 Å². The maximum atomic E-state index is 6.20. The van der Waals surface area contributed by atoms with Crippen molar-refractivity contribution in [3.05, 3.63) is 167 Å². The van der Waals surface area contributed by atoms with Gasteiger partial charge in [0.2, 0.25) is 0 Å². The molecule has 4 unspecified atom stereocenters. The van der Waals surface area contributed by atoms with E-state index in [1.807, 2.05) is 0 Å². The summed E-state index contributed by atoms with van der Waals surface area (Å²) >= 11 is 0. The minimum atomic E-state index is -0.149. The fraction of sp³-hybridized carbons (Fsp3) is 0.438. The SMILES string of the molecule is CCCCOCCN1C=CC=CC1c1c2nc(c(C3C=CC=CN3CCOCCCC)c3ccc([nH]3)c(C3C=CC=CN3CCOCCCC)c3ccc([nH]3)c(C3C=CC=CN3CCOCCCC)c3nc1C=C3)C=C2. The first-order chi connectivity index (χ1) is 37.6. The second-order valence-corrected chi connectivity index (χ2v) is 20.2. The summed E-state index contributed by atoms with van der Waals surface area (Å²) < 4.78 is 24.8. The molecule has 0 aromatic carbocycles. The van der Waals surface area contributed by atoms with Gasteiger partial charge in [0.05, 0.1) is 73.4 Å². The van der Waals surface area contributed by atoms with Crippen molar-refractivity contribution in [1.29, 1.82) is 0 Å². The fourth-order valence-corrected chi connectivity index (χ4v) is 10.6. The van der Waals surface area contributed by atoms with Crippen LogP contribution >= 0.6 is 0 Å². The zero-order valence-electron chi connectivity index (χ0n) is 45.6. The van der Waals surface area contributed by atoms with E-state index in [2.05, 4.69) is 204 Å². The van der Waals surface area contributed by atoms with Gasteiger partial charge in [-0.25, -0.2) is 9.97 Å². The second-order valence-electron chi connectivity index (χ2n) is 20.2. The maximum absolute atomic E-state index is 6.20. The molecule has 0 radical (unpaired) electrons. The molecule has 0 spiro atoms. The van der Waals surface area contributed by atoms with Gasteiger partial charge in [-0.2, -0.15) is 0 Å². The molecule has 12 nitrogen and oxygen atoms in total. The third-order valence-corrected chi connectivity index (χ3v) is 14.8. The van der Waals surface area contributed by atoms with Crippen molar-refractivity contribution in [3.8, 4) is 0 Å². The first kappa shape index (κ1) is 54.4. The summed E-state index contributed by atoms with van der Waals surface area (Å²) in [6, 6.07) is 8.53. The Hall–Kier alpha value is -6.44. The quantitative estimate of drug-likeness (QED) is 0.0470. The molecule has 9 heterocycles. The van der Waals surface area contributed by atoms with Crippen molar-refractivity contribution >= 4 is 46.4 Å². The van der Waals surface area contributed by atoms with Gasteiger partial charge in [-0.15, -0.1) is 0 Å². The van der Waals surface area contributed by atoms with Crippen LogP contribution in [0.3, 0.4) is 0 Å². The van der Waals surface area contributed by atoms with Crippen LogP contribution in [0, 0.1) is 0 Å². The van der Waals surface area contributed by atoms with Crippen LogP contribution in [0.25, 0.3) is 46.4 Å². The highest BCUT2D eigenvalue weighted by atomic mass is 16.5. The minimum absolute atomic E-state index is 0.103. The van der Waals surface area contributed by atoms with Crippen LogP contribution in [0.1, 0.15) is 148 Å². The number of hydrogen-bond acceptors (Lipinski definition) is 10. The van der Waals surface area contributed by atoms with Gasteiger partial charge in [0.1, 0.15) is 0 Å². The van der Waals surface area contributed by atoms with Crippen molar-refractivity contribution in [1.82, 2.24) is 39.5 Å². The molecule has 76 heavy (non-hydrogen) atoms. The van der Waals surface area contributed by atoms with Crippen LogP contribution in [0.4, 0.5) is 0 Å². The number of ether oxygens (including phenoxy) is 4. The highest BCUT2D eigenvalue weighted by molar-refractivity contribution is 5.85. The van der Waals surface area contributed by atoms with Gasteiger partial charge in [-0.1, -0.05) is 102 Å². The lowest BCUT2D eigenvalue weighted by Crippen LogP contribution is -2.29. The van der Waals surface area contributed by atoms with Gasteiger partial charge in [0.15, 0.2) is 0 Å². The standard InChI is InChI=1S/C64H82N8O4/c1-5-9-41-73-45-37-69-33-17-13-21-57(69)61-49-25-27-51(65-49)62(58-22-14-18-34-70(58)38-46-74-42-10-6-2)53-29-31-55(67-53)64(60-24-16-20-36-72(60)40-48-76-44-12-8-4)56-32-30-54(68-56)63(52-28-26-50(61)66-52)59-23-15-19-35-71(59)39-47-75-43-11-7-3/h13-36,57-60,65-66H,5-12,37-48H2,1-4H3. The number of nitrogens with one attached hydrogen (secondary N) is 2. The molecule has 6 aliphatic heterocycles. The summed E-state index contributed by atoms with van der Waals surface area (Å²) in [5, 5.41) is 0. The molecule has 402 valence electrons. The summed E-state index contributed by atoms with van der Waals surface area (Å²) in [6.07, 6.45) is 52.6. The minimum Gasteiger partial charge on any atom is -0.380 e. The number of aromatic nitrogens is 4. The number of H-pyrrole nitrogens is 2. The third kappa shape index (κ3) is 13.4. The first-order valence-corrected chi connectivity index (χ1v) is 28.5. The molecule has 12 heteroatoms. The predicted molar refractivity (Wildman–Crippen MR) is 313 cm³/mol. The lowest BCUT2D eigenvalue weighted by atomic mass is 9.99. The number of fused-ring (bicyclic) bond motifs is 8. The summed E-state index contributed by atoms with van der Waals surface area (Å²) in [5.74, 6) is 0. The Bertz CT molecular complexity index is 2730. The van der Waals surface area contributed by atoms with Crippen molar-refractivity contribution in [2.45, 2.75) is 103 Å². The van der Waals surface area contributed by atoms with Crippen LogP contribution in [-0.4, -0.2) is 119 Å². The van der Waals surface area contributed by atoms with E-state index in [4.69, 9.17) is 28.9 Å². The number of aromatic amines is 2. The van der Waals surface area contributed by atoms with Crippen LogP contribution in [0.2, 0.25) is 0 Å². The smallest absolute Gasteiger partial charge is 0.0767 e. The summed E-state index contributed by atoms with van der Waals surface area (Å²) in [5.41, 5.74) is 12.0. The van der Waals surface area contributed by atoms with Crippen molar-refractivity contribution in [2.75, 3.05) is 79.0 Å². The maximum Gasteiger partial charge on any atom is 0.0767 e. The Morgan fingerprint density at radius 3 is 0.947 bits per heavy atom. The molecule has 0 saturated heterocycles. The molecule has 0 aliphatic carbocycles. The monoisotopic (exact) mass is 1030 g/mol. The lowest BCUT2D eigenvalue weighted by Gasteiger charge is -2.32. The van der Waals surface area contributed by atoms with Gasteiger partial charge in [0.25, 0.3) is 0 Å². The average molecular weight is 1030 g/mol. The molecule has 3 aromatic heterocycles. The predicted octanol–water partition coefficient (Wildman–Crippen LogP) is 13.6. The largest absolute Gasteiger partial charge is 0.380 e. The van der Waals surface area contributed by atoms with Crippen LogP contribution in [0.15, 0.2) is 122 Å². The second kappa shape index (κ2) is 28.1. The van der Waals surface area contributed by atoms with Crippen LogP contribution in [-0.2, 0) is 18.9 Å². The summed E-state index contributed by atoms with van der Waals surface area (Å²) in [6.45, 7) is 17.3. The molecule has 4 atom stereocenters. The van der Waals surface area contributed by atoms with Gasteiger partial charge in [-0.3, -0.25) is 0 Å². The highest BCUT2D eigenvalue weighted by Gasteiger charge is 2.30. The Balaban J connectivity index is 1.28. The number of allylic oxidation sites excluding steroid dienone is 8. The molecule has 0 fully saturated rings. The summed E-state index contributed by atoms with van der Waals surface area (Å²) in [7, 11) is 0. The van der Waals surface area contributed by atoms with Crippen molar-refractivity contribution < 1.29 is 18.9 Å². The van der Waals surface area contributed by atoms with E-state index in [0.717, 1.165) is 171 Å². The fourth-order valence-electron chi connectivity index (χ4n) is 10.6. The number of hydrogen-bond donors (Lipinski definition) is 2. The van der Waals surface area contributed by atoms with Gasteiger partial charge < -0.3 is 48.5 Å². The Morgan fingerprint density at radius 1 is 0.355 bits per heavy atom. The molecule has 6 aliphatic rings. The van der Waals surface area contributed by atoms with E-state index >= 15 is 0 Å². The molecule has 0 saturated carbocycles. The molecule has 3 aromatic rings. The van der Waals surface area contributed by atoms with E-state index in [0.29, 0.717) is 26.4 Å². The first-order valence-electron chi connectivity index (χ1n) is 28.5. The zero-order valence-corrected chi connectivity index (χ0v) is 45.6. The highest BCUT2D eigenvalue weighted by Crippen LogP contribution is 2.40. The topological polar surface area (TPSA) is 107 Å². The Morgan fingerprint density at radius 2 is 0.632 bits per heavy atom. The van der Waals surface area contributed by atoms with Crippen molar-refractivity contribution in [3.63, 3.8) is 0 Å². The van der Waals surface area contributed by atoms with Gasteiger partial charge in [0, 0.05) is 122 Å². The van der Waals surface area contributed by atoms with E-state index in [-0.39, 0.29) is 24.2 Å². The molecule has 2 N–H and O–H groups in total. The van der Waals surface area contributed by atoms with E-state index < -0.39 is 0 Å². The van der Waals surface area contributed by atoms with Crippen molar-refractivity contribution in [2.24, 2.45) is 0 Å². The summed E-state index contributed by atoms with van der Waals surface area (Å²) in [4.78, 5) is 29.1. The number of nitrogens with zero attached hydrogens (tertiary/aromatic N) is 6. The molecule has 8 bridgehead atoms. The zero-order chi connectivity index (χ0) is 52.3. The molecular weight excluding hydrogens is 945 g/mol.